The number of nitrogens with two attached hydrogens (primary N) is 1. The van der Waals surface area contributed by atoms with Crippen LogP contribution in [0.15, 0.2) is 0 Å². The van der Waals surface area contributed by atoms with E-state index in [1.54, 1.807) is 13.8 Å². The lowest BCUT2D eigenvalue weighted by Crippen LogP contribution is -2.29. The second kappa shape index (κ2) is 5.40. The molecule has 0 aliphatic carbocycles. The Kier molecular flexibility index (Phi) is 4.83. The highest BCUT2D eigenvalue weighted by Crippen LogP contribution is 1.87. The molecule has 1 amide bonds. The molecule has 0 fully saturated rings. The molecule has 0 heterocycles. The van der Waals surface area contributed by atoms with Gasteiger partial charge in [0, 0.05) is 13.0 Å². The zero-order chi connectivity index (χ0) is 9.56. The van der Waals surface area contributed by atoms with Crippen molar-refractivity contribution in [2.24, 2.45) is 5.73 Å². The fourth-order valence-electron chi connectivity index (χ4n) is 0.555. The van der Waals surface area contributed by atoms with Gasteiger partial charge < -0.3 is 15.8 Å². The van der Waals surface area contributed by atoms with Gasteiger partial charge in [-0.2, -0.15) is 0 Å². The maximum Gasteiger partial charge on any atom is 0.407 e. The standard InChI is InChI=1S/C7H15N3O2/c1-5(2)12-7(11)10-4-3-6(8)9/h5H,3-4H2,1-2H3,(H3,8,9)(H,10,11). The van der Waals surface area contributed by atoms with Crippen LogP contribution >= 0.6 is 0 Å². The molecule has 4 N–H and O–H groups in total. The third-order valence-electron chi connectivity index (χ3n) is 1.01. The highest BCUT2D eigenvalue weighted by atomic mass is 16.6. The molecule has 0 aliphatic rings. The minimum Gasteiger partial charge on any atom is -0.447 e. The quantitative estimate of drug-likeness (QED) is 0.426. The Balaban J connectivity index is 3.38. The number of amides is 1. The van der Waals surface area contributed by atoms with Gasteiger partial charge in [-0.15, -0.1) is 0 Å². The van der Waals surface area contributed by atoms with Crippen LogP contribution in [-0.4, -0.2) is 24.6 Å². The first-order chi connectivity index (χ1) is 5.52. The molecule has 0 radical (unpaired) electrons. The number of alkyl carbamates (subject to hydrolysis) is 1. The van der Waals surface area contributed by atoms with Crippen molar-refractivity contribution in [3.8, 4) is 0 Å². The molecule has 5 nitrogen and oxygen atoms in total. The third-order valence-corrected chi connectivity index (χ3v) is 1.01. The summed E-state index contributed by atoms with van der Waals surface area (Å²) in [5, 5.41) is 9.33. The highest BCUT2D eigenvalue weighted by molar-refractivity contribution is 5.77. The zero-order valence-electron chi connectivity index (χ0n) is 7.39. The van der Waals surface area contributed by atoms with Crippen molar-refractivity contribution in [1.82, 2.24) is 5.32 Å². The molecular weight excluding hydrogens is 158 g/mol. The van der Waals surface area contributed by atoms with Crippen LogP contribution in [0.5, 0.6) is 0 Å². The van der Waals surface area contributed by atoms with E-state index in [9.17, 15) is 4.79 Å². The van der Waals surface area contributed by atoms with Crippen LogP contribution in [-0.2, 0) is 4.74 Å². The molecule has 0 saturated heterocycles. The van der Waals surface area contributed by atoms with Crippen LogP contribution in [0, 0.1) is 5.41 Å². The Labute approximate surface area is 71.8 Å². The molecule has 0 aromatic carbocycles. The topological polar surface area (TPSA) is 88.2 Å². The minimum atomic E-state index is -0.466. The number of carbonyl (C=O) groups is 1. The van der Waals surface area contributed by atoms with Crippen LogP contribution in [0.4, 0.5) is 4.79 Å². The lowest BCUT2D eigenvalue weighted by molar-refractivity contribution is 0.116. The fraction of sp³-hybridized carbons (Fsp3) is 0.714. The normalized spacial score (nSPS) is 9.58. The van der Waals surface area contributed by atoms with Gasteiger partial charge in [0.25, 0.3) is 0 Å². The first-order valence-electron chi connectivity index (χ1n) is 3.79. The molecule has 0 aromatic heterocycles. The summed E-state index contributed by atoms with van der Waals surface area (Å²) in [7, 11) is 0. The number of hydrogen-bond acceptors (Lipinski definition) is 3. The van der Waals surface area contributed by atoms with Gasteiger partial charge >= 0.3 is 6.09 Å². The lowest BCUT2D eigenvalue weighted by atomic mass is 10.4. The average Bonchev–Trinajstić information content (AvgIpc) is 1.84. The molecule has 0 rings (SSSR count). The van der Waals surface area contributed by atoms with E-state index >= 15 is 0 Å². The van der Waals surface area contributed by atoms with E-state index in [1.807, 2.05) is 0 Å². The van der Waals surface area contributed by atoms with E-state index in [4.69, 9.17) is 15.9 Å². The first-order valence-corrected chi connectivity index (χ1v) is 3.79. The number of rotatable bonds is 4. The number of hydrogen-bond donors (Lipinski definition) is 3. The van der Waals surface area contributed by atoms with Crippen molar-refractivity contribution >= 4 is 11.9 Å². The van der Waals surface area contributed by atoms with Crippen LogP contribution in [0.25, 0.3) is 0 Å². The van der Waals surface area contributed by atoms with Gasteiger partial charge in [-0.3, -0.25) is 5.41 Å². The summed E-state index contributed by atoms with van der Waals surface area (Å²) in [6.45, 7) is 3.88. The first kappa shape index (κ1) is 10.7. The predicted octanol–water partition coefficient (Wildman–Crippen LogP) is 0.447. The summed E-state index contributed by atoms with van der Waals surface area (Å²) in [6.07, 6.45) is -0.235. The van der Waals surface area contributed by atoms with E-state index in [2.05, 4.69) is 5.32 Å². The second-order valence-corrected chi connectivity index (χ2v) is 2.66. The Morgan fingerprint density at radius 2 is 2.25 bits per heavy atom. The summed E-state index contributed by atoms with van der Waals surface area (Å²) in [4.78, 5) is 10.8. The second-order valence-electron chi connectivity index (χ2n) is 2.66. The van der Waals surface area contributed by atoms with Gasteiger partial charge in [-0.1, -0.05) is 0 Å². The SMILES string of the molecule is CC(C)OC(=O)NCCC(=N)N. The van der Waals surface area contributed by atoms with E-state index in [0.29, 0.717) is 13.0 Å². The monoisotopic (exact) mass is 173 g/mol. The van der Waals surface area contributed by atoms with Crippen molar-refractivity contribution < 1.29 is 9.53 Å². The van der Waals surface area contributed by atoms with Gasteiger partial charge in [0.2, 0.25) is 0 Å². The van der Waals surface area contributed by atoms with Gasteiger partial charge in [0.15, 0.2) is 0 Å². The van der Waals surface area contributed by atoms with Crippen molar-refractivity contribution in [3.05, 3.63) is 0 Å². The molecule has 0 spiro atoms. The largest absolute Gasteiger partial charge is 0.447 e. The number of amidine groups is 1. The third kappa shape index (κ3) is 6.85. The number of ether oxygens (including phenoxy) is 1. The van der Waals surface area contributed by atoms with E-state index in [1.165, 1.54) is 0 Å². The van der Waals surface area contributed by atoms with Gasteiger partial charge in [0.05, 0.1) is 11.9 Å². The van der Waals surface area contributed by atoms with E-state index < -0.39 is 6.09 Å². The van der Waals surface area contributed by atoms with Crippen molar-refractivity contribution in [1.29, 1.82) is 5.41 Å². The number of carbonyl (C=O) groups excluding carboxylic acids is 1. The van der Waals surface area contributed by atoms with E-state index in [0.717, 1.165) is 0 Å². The van der Waals surface area contributed by atoms with Crippen LogP contribution < -0.4 is 11.1 Å². The van der Waals surface area contributed by atoms with Gasteiger partial charge in [-0.25, -0.2) is 4.79 Å². The predicted molar refractivity (Wildman–Crippen MR) is 46.2 cm³/mol. The maximum atomic E-state index is 10.8. The van der Waals surface area contributed by atoms with Crippen molar-refractivity contribution in [3.63, 3.8) is 0 Å². The molecule has 0 aliphatic heterocycles. The summed E-state index contributed by atoms with van der Waals surface area (Å²) >= 11 is 0. The molecule has 70 valence electrons. The molecule has 0 bridgehead atoms. The summed E-state index contributed by atoms with van der Waals surface area (Å²) < 4.78 is 4.77. The lowest BCUT2D eigenvalue weighted by Gasteiger charge is -2.08. The summed E-state index contributed by atoms with van der Waals surface area (Å²) in [6, 6.07) is 0. The summed E-state index contributed by atoms with van der Waals surface area (Å²) in [5.41, 5.74) is 5.07. The van der Waals surface area contributed by atoms with Crippen LogP contribution in [0.1, 0.15) is 20.3 Å². The van der Waals surface area contributed by atoms with Crippen LogP contribution in [0.3, 0.4) is 0 Å². The Bertz CT molecular complexity index is 168. The molecule has 0 unspecified atom stereocenters. The maximum absolute atomic E-state index is 10.8. The van der Waals surface area contributed by atoms with Gasteiger partial charge in [0.1, 0.15) is 0 Å². The Morgan fingerprint density at radius 3 is 2.67 bits per heavy atom. The molecule has 0 aromatic rings. The molecule has 5 heteroatoms. The number of nitrogens with one attached hydrogen (secondary N) is 2. The Morgan fingerprint density at radius 1 is 1.67 bits per heavy atom. The molecule has 0 atom stereocenters. The molecule has 12 heavy (non-hydrogen) atoms. The molecule has 0 saturated carbocycles. The van der Waals surface area contributed by atoms with Gasteiger partial charge in [-0.05, 0) is 13.8 Å². The van der Waals surface area contributed by atoms with Crippen molar-refractivity contribution in [2.75, 3.05) is 6.54 Å². The Hall–Kier alpha value is -1.26. The van der Waals surface area contributed by atoms with E-state index in [-0.39, 0.29) is 11.9 Å². The summed E-state index contributed by atoms with van der Waals surface area (Å²) in [5.74, 6) is 0.0554. The fourth-order valence-corrected chi connectivity index (χ4v) is 0.555. The smallest absolute Gasteiger partial charge is 0.407 e. The minimum absolute atomic E-state index is 0.0554. The van der Waals surface area contributed by atoms with Crippen molar-refractivity contribution in [2.45, 2.75) is 26.4 Å². The zero-order valence-corrected chi connectivity index (χ0v) is 7.39. The van der Waals surface area contributed by atoms with Crippen LogP contribution in [0.2, 0.25) is 0 Å². The average molecular weight is 173 g/mol. The highest BCUT2D eigenvalue weighted by Gasteiger charge is 2.02. The molecular formula is C7H15N3O2.